The smallest absolute Gasteiger partial charge is 0.317 e. The molecule has 0 bridgehead atoms. The van der Waals surface area contributed by atoms with E-state index in [-0.39, 0.29) is 24.4 Å². The van der Waals surface area contributed by atoms with Crippen LogP contribution in [0.25, 0.3) is 0 Å². The highest BCUT2D eigenvalue weighted by Gasteiger charge is 2.43. The Balaban J connectivity index is 1.99. The lowest BCUT2D eigenvalue weighted by Crippen LogP contribution is -2.36. The van der Waals surface area contributed by atoms with E-state index in [9.17, 15) is 13.2 Å². The average molecular weight is 281 g/mol. The van der Waals surface area contributed by atoms with Crippen molar-refractivity contribution in [1.29, 1.82) is 0 Å². The van der Waals surface area contributed by atoms with Crippen LogP contribution in [0.15, 0.2) is 29.2 Å². The van der Waals surface area contributed by atoms with Crippen molar-refractivity contribution in [2.24, 2.45) is 0 Å². The fourth-order valence-electron chi connectivity index (χ4n) is 2.76. The molecule has 19 heavy (non-hydrogen) atoms. The average Bonchev–Trinajstić information content (AvgIpc) is 3.14. The Morgan fingerprint density at radius 3 is 2.63 bits per heavy atom. The number of benzene rings is 1. The van der Waals surface area contributed by atoms with Crippen molar-refractivity contribution in [3.63, 3.8) is 0 Å². The van der Waals surface area contributed by atoms with Crippen molar-refractivity contribution in [3.05, 3.63) is 29.8 Å². The Morgan fingerprint density at radius 1 is 1.32 bits per heavy atom. The first kappa shape index (κ1) is 12.6. The van der Waals surface area contributed by atoms with Crippen molar-refractivity contribution in [3.8, 4) is 0 Å². The second kappa shape index (κ2) is 4.31. The van der Waals surface area contributed by atoms with E-state index in [0.717, 1.165) is 18.4 Å². The number of aliphatic carboxylic acids is 1. The molecular formula is C13H15NO4S. The molecule has 0 radical (unpaired) electrons. The van der Waals surface area contributed by atoms with Gasteiger partial charge in [-0.05, 0) is 24.5 Å². The van der Waals surface area contributed by atoms with Crippen molar-refractivity contribution >= 4 is 15.8 Å². The minimum atomic E-state index is -3.28. The number of sulfone groups is 1. The molecule has 1 heterocycles. The van der Waals surface area contributed by atoms with E-state index in [1.165, 1.54) is 0 Å². The van der Waals surface area contributed by atoms with Crippen molar-refractivity contribution in [2.75, 3.05) is 12.3 Å². The van der Waals surface area contributed by atoms with Gasteiger partial charge in [0.1, 0.15) is 0 Å². The number of carboxylic acid groups (broad SMARTS) is 1. The summed E-state index contributed by atoms with van der Waals surface area (Å²) in [5.41, 5.74) is 0.746. The summed E-state index contributed by atoms with van der Waals surface area (Å²) < 4.78 is 24.2. The van der Waals surface area contributed by atoms with Gasteiger partial charge in [-0.1, -0.05) is 18.2 Å². The maximum atomic E-state index is 12.1. The standard InChI is InChI=1S/C13H15NO4S/c15-13(16)7-14(9-5-6-9)11-8-19(17,18)12-4-2-1-3-10(11)12/h1-4,9,11H,5-8H2,(H,15,16). The van der Waals surface area contributed by atoms with Gasteiger partial charge in [-0.25, -0.2) is 8.42 Å². The van der Waals surface area contributed by atoms with Gasteiger partial charge in [0.25, 0.3) is 0 Å². The summed E-state index contributed by atoms with van der Waals surface area (Å²) in [6, 6.07) is 6.81. The molecular weight excluding hydrogens is 266 g/mol. The zero-order valence-electron chi connectivity index (χ0n) is 10.3. The van der Waals surface area contributed by atoms with Crippen LogP contribution in [-0.4, -0.2) is 42.7 Å². The zero-order valence-corrected chi connectivity index (χ0v) is 11.1. The van der Waals surface area contributed by atoms with Gasteiger partial charge in [-0.3, -0.25) is 9.69 Å². The van der Waals surface area contributed by atoms with E-state index >= 15 is 0 Å². The van der Waals surface area contributed by atoms with Crippen LogP contribution in [0.1, 0.15) is 24.4 Å². The third-order valence-electron chi connectivity index (χ3n) is 3.72. The third-order valence-corrected chi connectivity index (χ3v) is 5.52. The summed E-state index contributed by atoms with van der Waals surface area (Å²) in [5.74, 6) is -0.912. The Labute approximate surface area is 111 Å². The van der Waals surface area contributed by atoms with Gasteiger partial charge in [0.15, 0.2) is 9.84 Å². The van der Waals surface area contributed by atoms with E-state index < -0.39 is 15.8 Å². The monoisotopic (exact) mass is 281 g/mol. The largest absolute Gasteiger partial charge is 0.480 e. The van der Waals surface area contributed by atoms with Crippen LogP contribution in [0.4, 0.5) is 0 Å². The molecule has 1 aromatic carbocycles. The summed E-state index contributed by atoms with van der Waals surface area (Å²) in [6.45, 7) is -0.0980. The molecule has 6 heteroatoms. The van der Waals surface area contributed by atoms with E-state index in [2.05, 4.69) is 0 Å². The summed E-state index contributed by atoms with van der Waals surface area (Å²) in [5, 5.41) is 9.01. The molecule has 0 amide bonds. The molecule has 102 valence electrons. The second-order valence-corrected chi connectivity index (χ2v) is 7.13. The highest BCUT2D eigenvalue weighted by atomic mass is 32.2. The molecule has 1 aliphatic carbocycles. The number of hydrogen-bond donors (Lipinski definition) is 1. The normalized spacial score (nSPS) is 24.4. The number of carbonyl (C=O) groups is 1. The van der Waals surface area contributed by atoms with Crippen LogP contribution >= 0.6 is 0 Å². The van der Waals surface area contributed by atoms with Gasteiger partial charge in [0, 0.05) is 6.04 Å². The predicted molar refractivity (Wildman–Crippen MR) is 68.6 cm³/mol. The van der Waals surface area contributed by atoms with E-state index in [1.54, 1.807) is 24.3 Å². The van der Waals surface area contributed by atoms with Gasteiger partial charge >= 0.3 is 5.97 Å². The van der Waals surface area contributed by atoms with Gasteiger partial charge < -0.3 is 5.11 Å². The van der Waals surface area contributed by atoms with Crippen molar-refractivity contribution in [1.82, 2.24) is 4.90 Å². The molecule has 1 aromatic rings. The molecule has 1 N–H and O–H groups in total. The van der Waals surface area contributed by atoms with E-state index in [4.69, 9.17) is 5.11 Å². The number of rotatable bonds is 4. The molecule has 5 nitrogen and oxygen atoms in total. The van der Waals surface area contributed by atoms with Gasteiger partial charge in [-0.2, -0.15) is 0 Å². The number of fused-ring (bicyclic) bond motifs is 1. The lowest BCUT2D eigenvalue weighted by molar-refractivity contribution is -0.139. The Morgan fingerprint density at radius 2 is 2.00 bits per heavy atom. The highest BCUT2D eigenvalue weighted by molar-refractivity contribution is 7.91. The van der Waals surface area contributed by atoms with Crippen molar-refractivity contribution < 1.29 is 18.3 Å². The maximum absolute atomic E-state index is 12.1. The summed E-state index contributed by atoms with van der Waals surface area (Å²) in [6.07, 6.45) is 1.90. The fourth-order valence-corrected chi connectivity index (χ4v) is 4.57. The number of nitrogens with zero attached hydrogens (tertiary/aromatic N) is 1. The topological polar surface area (TPSA) is 74.7 Å². The van der Waals surface area contributed by atoms with Crippen molar-refractivity contribution in [2.45, 2.75) is 29.8 Å². The van der Waals surface area contributed by atoms with Gasteiger partial charge in [0.2, 0.25) is 0 Å². The zero-order chi connectivity index (χ0) is 13.6. The minimum absolute atomic E-state index is 0.00384. The van der Waals surface area contributed by atoms with Crippen LogP contribution in [0.3, 0.4) is 0 Å². The molecule has 3 rings (SSSR count). The van der Waals surface area contributed by atoms with Crippen LogP contribution < -0.4 is 0 Å². The Kier molecular flexibility index (Phi) is 2.87. The maximum Gasteiger partial charge on any atom is 0.317 e. The lowest BCUT2D eigenvalue weighted by atomic mass is 10.1. The second-order valence-electron chi connectivity index (χ2n) is 5.13. The molecule has 1 unspecified atom stereocenters. The molecule has 1 fully saturated rings. The Bertz CT molecular complexity index is 621. The molecule has 1 saturated carbocycles. The van der Waals surface area contributed by atoms with Crippen LogP contribution in [-0.2, 0) is 14.6 Å². The Hall–Kier alpha value is -1.40. The third kappa shape index (κ3) is 2.26. The molecule has 0 spiro atoms. The molecule has 0 saturated heterocycles. The van der Waals surface area contributed by atoms with Gasteiger partial charge in [-0.15, -0.1) is 0 Å². The first-order valence-corrected chi connectivity index (χ1v) is 7.93. The molecule has 1 aliphatic heterocycles. The number of hydrogen-bond acceptors (Lipinski definition) is 4. The first-order chi connectivity index (χ1) is 8.99. The summed E-state index contributed by atoms with van der Waals surface area (Å²) >= 11 is 0. The summed E-state index contributed by atoms with van der Waals surface area (Å²) in [4.78, 5) is 13.2. The quantitative estimate of drug-likeness (QED) is 0.893. The minimum Gasteiger partial charge on any atom is -0.480 e. The first-order valence-electron chi connectivity index (χ1n) is 6.28. The highest BCUT2D eigenvalue weighted by Crippen LogP contribution is 2.41. The van der Waals surface area contributed by atoms with E-state index in [0.29, 0.717) is 4.90 Å². The molecule has 2 aliphatic rings. The fraction of sp³-hybridized carbons (Fsp3) is 0.462. The lowest BCUT2D eigenvalue weighted by Gasteiger charge is -2.26. The SMILES string of the molecule is O=C(O)CN(C1CC1)C1CS(=O)(=O)c2ccccc21. The van der Waals surface area contributed by atoms with Crippen LogP contribution in [0.2, 0.25) is 0 Å². The summed E-state index contributed by atoms with van der Waals surface area (Å²) in [7, 11) is -3.28. The van der Waals surface area contributed by atoms with Crippen LogP contribution in [0.5, 0.6) is 0 Å². The number of carboxylic acids is 1. The van der Waals surface area contributed by atoms with Gasteiger partial charge in [0.05, 0.1) is 23.2 Å². The van der Waals surface area contributed by atoms with E-state index in [1.807, 2.05) is 4.90 Å². The predicted octanol–water partition coefficient (Wildman–Crippen LogP) is 1.06. The molecule has 0 aromatic heterocycles. The molecule has 1 atom stereocenters. The van der Waals surface area contributed by atoms with Crippen LogP contribution in [0, 0.1) is 0 Å².